The minimum Gasteiger partial charge on any atom is -0.0995 e. The van der Waals surface area contributed by atoms with Crippen molar-refractivity contribution >= 4 is 15.9 Å². The van der Waals surface area contributed by atoms with Gasteiger partial charge in [0.2, 0.25) is 0 Å². The largest absolute Gasteiger partial charge is 0.0995 e. The molecule has 0 nitrogen and oxygen atoms in total. The molecule has 22 heavy (non-hydrogen) atoms. The van der Waals surface area contributed by atoms with Gasteiger partial charge in [0.1, 0.15) is 0 Å². The maximum absolute atomic E-state index is 4.43. The number of alkyl halides is 1. The Balaban J connectivity index is 1.90. The van der Waals surface area contributed by atoms with Crippen LogP contribution in [0.1, 0.15) is 65.7 Å². The van der Waals surface area contributed by atoms with Crippen molar-refractivity contribution in [2.24, 2.45) is 23.2 Å². The third kappa shape index (κ3) is 2.90. The number of allylic oxidation sites excluding steroid dienone is 5. The summed E-state index contributed by atoms with van der Waals surface area (Å²) in [5.74, 6) is 2.23. The van der Waals surface area contributed by atoms with Crippen LogP contribution in [0.4, 0.5) is 0 Å². The molecule has 122 valence electrons. The Morgan fingerprint density at radius 3 is 2.68 bits per heavy atom. The molecule has 0 N–H and O–H groups in total. The van der Waals surface area contributed by atoms with Crippen LogP contribution in [0, 0.1) is 23.2 Å². The summed E-state index contributed by atoms with van der Waals surface area (Å²) in [4.78, 5) is 0.665. The lowest BCUT2D eigenvalue weighted by atomic mass is 9.60. The van der Waals surface area contributed by atoms with E-state index >= 15 is 0 Å². The zero-order chi connectivity index (χ0) is 15.9. The van der Waals surface area contributed by atoms with Crippen LogP contribution in [0.3, 0.4) is 0 Å². The van der Waals surface area contributed by atoms with Crippen molar-refractivity contribution in [3.63, 3.8) is 0 Å². The molecule has 0 amide bonds. The van der Waals surface area contributed by atoms with Gasteiger partial charge in [-0.3, -0.25) is 0 Å². The number of rotatable bonds is 2. The van der Waals surface area contributed by atoms with E-state index in [2.05, 4.69) is 55.4 Å². The van der Waals surface area contributed by atoms with Crippen LogP contribution >= 0.6 is 15.9 Å². The lowest BCUT2D eigenvalue weighted by Crippen LogP contribution is -2.35. The first-order chi connectivity index (χ1) is 10.4. The predicted molar refractivity (Wildman–Crippen MR) is 100 cm³/mol. The fourth-order valence-corrected chi connectivity index (χ4v) is 5.85. The first-order valence-electron chi connectivity index (χ1n) is 9.12. The van der Waals surface area contributed by atoms with Gasteiger partial charge in [-0.2, -0.15) is 0 Å². The van der Waals surface area contributed by atoms with Gasteiger partial charge in [0.25, 0.3) is 0 Å². The second-order valence-electron chi connectivity index (χ2n) is 8.31. The number of fused-ring (bicyclic) bond motifs is 1. The lowest BCUT2D eigenvalue weighted by molar-refractivity contribution is 0.251. The van der Waals surface area contributed by atoms with Crippen LogP contribution in [0.25, 0.3) is 0 Å². The number of hydrogen-bond donors (Lipinski definition) is 0. The highest BCUT2D eigenvalue weighted by molar-refractivity contribution is 9.09. The van der Waals surface area contributed by atoms with Gasteiger partial charge in [0.15, 0.2) is 0 Å². The lowest BCUT2D eigenvalue weighted by Gasteiger charge is -2.45. The van der Waals surface area contributed by atoms with Gasteiger partial charge >= 0.3 is 0 Å². The molecule has 0 heterocycles. The van der Waals surface area contributed by atoms with Crippen molar-refractivity contribution in [3.05, 3.63) is 35.5 Å². The van der Waals surface area contributed by atoms with Gasteiger partial charge in [-0.05, 0) is 67.8 Å². The van der Waals surface area contributed by atoms with Crippen LogP contribution in [-0.2, 0) is 0 Å². The van der Waals surface area contributed by atoms with E-state index in [1.54, 1.807) is 11.1 Å². The van der Waals surface area contributed by atoms with Crippen molar-refractivity contribution < 1.29 is 0 Å². The molecule has 4 unspecified atom stereocenters. The topological polar surface area (TPSA) is 0 Å². The Morgan fingerprint density at radius 1 is 1.18 bits per heavy atom. The third-order valence-electron chi connectivity index (χ3n) is 6.64. The van der Waals surface area contributed by atoms with Crippen LogP contribution in [0.5, 0.6) is 0 Å². The quantitative estimate of drug-likeness (QED) is 0.373. The summed E-state index contributed by atoms with van der Waals surface area (Å²) in [6.07, 6.45) is 14.3. The molecule has 0 saturated heterocycles. The second kappa shape index (κ2) is 6.30. The molecule has 0 spiro atoms. The summed E-state index contributed by atoms with van der Waals surface area (Å²) >= 11 is 3.87. The fourth-order valence-electron chi connectivity index (χ4n) is 5.25. The Hall–Kier alpha value is -0.300. The first kappa shape index (κ1) is 16.6. The number of hydrogen-bond acceptors (Lipinski definition) is 0. The molecule has 0 aromatic carbocycles. The Morgan fingerprint density at radius 2 is 1.91 bits per heavy atom. The Bertz CT molecular complexity index is 508. The zero-order valence-corrected chi connectivity index (χ0v) is 16.1. The van der Waals surface area contributed by atoms with E-state index in [0.29, 0.717) is 10.7 Å². The van der Waals surface area contributed by atoms with E-state index in [4.69, 9.17) is 0 Å². The monoisotopic (exact) mass is 362 g/mol. The molecule has 0 aliphatic heterocycles. The maximum Gasteiger partial charge on any atom is 0.0154 e. The highest BCUT2D eigenvalue weighted by Crippen LogP contribution is 2.51. The molecule has 2 fully saturated rings. The SMILES string of the molecule is C=C1CCC(Br)CC1C(C)(C)C1=C(C)C2CCCCC2C=C1. The zero-order valence-electron chi connectivity index (χ0n) is 14.5. The third-order valence-corrected chi connectivity index (χ3v) is 7.47. The van der Waals surface area contributed by atoms with Gasteiger partial charge in [-0.1, -0.05) is 72.5 Å². The molecule has 1 heteroatoms. The van der Waals surface area contributed by atoms with E-state index in [1.807, 2.05) is 0 Å². The standard InChI is InChI=1S/C21H31Br/c1-14-9-11-17(22)13-20(14)21(3,4)19-12-10-16-7-5-6-8-18(16)15(19)2/h10,12,16-18,20H,1,5-9,11,13H2,2-4H3. The first-order valence-corrected chi connectivity index (χ1v) is 10.0. The van der Waals surface area contributed by atoms with Gasteiger partial charge in [0, 0.05) is 4.83 Å². The molecule has 3 aliphatic rings. The molecule has 0 radical (unpaired) electrons. The van der Waals surface area contributed by atoms with Crippen molar-refractivity contribution in [2.45, 2.75) is 70.5 Å². The average molecular weight is 363 g/mol. The highest BCUT2D eigenvalue weighted by Gasteiger charge is 2.40. The fraction of sp³-hybridized carbons (Fsp3) is 0.714. The molecule has 0 aromatic heterocycles. The van der Waals surface area contributed by atoms with Crippen molar-refractivity contribution in [1.82, 2.24) is 0 Å². The smallest absolute Gasteiger partial charge is 0.0154 e. The second-order valence-corrected chi connectivity index (χ2v) is 9.61. The molecule has 2 saturated carbocycles. The van der Waals surface area contributed by atoms with Crippen molar-refractivity contribution in [3.8, 4) is 0 Å². The summed E-state index contributed by atoms with van der Waals surface area (Å²) in [5.41, 5.74) is 4.98. The van der Waals surface area contributed by atoms with Crippen LogP contribution in [0.15, 0.2) is 35.5 Å². The predicted octanol–water partition coefficient (Wildman–Crippen LogP) is 6.83. The normalized spacial score (nSPS) is 36.5. The van der Waals surface area contributed by atoms with Crippen molar-refractivity contribution in [1.29, 1.82) is 0 Å². The van der Waals surface area contributed by atoms with E-state index < -0.39 is 0 Å². The molecule has 0 aromatic rings. The van der Waals surface area contributed by atoms with Gasteiger partial charge in [-0.15, -0.1) is 0 Å². The summed E-state index contributed by atoms with van der Waals surface area (Å²) in [5, 5.41) is 0. The Kier molecular flexibility index (Phi) is 4.74. The maximum atomic E-state index is 4.43. The van der Waals surface area contributed by atoms with Gasteiger partial charge in [0.05, 0.1) is 0 Å². The molecular formula is C21H31Br. The van der Waals surface area contributed by atoms with Crippen LogP contribution in [-0.4, -0.2) is 4.83 Å². The summed E-state index contributed by atoms with van der Waals surface area (Å²) in [7, 11) is 0. The number of halogens is 1. The van der Waals surface area contributed by atoms with Crippen molar-refractivity contribution in [2.75, 3.05) is 0 Å². The molecule has 4 atom stereocenters. The highest BCUT2D eigenvalue weighted by atomic mass is 79.9. The van der Waals surface area contributed by atoms with E-state index in [1.165, 1.54) is 50.5 Å². The van der Waals surface area contributed by atoms with E-state index in [0.717, 1.165) is 11.8 Å². The van der Waals surface area contributed by atoms with E-state index in [-0.39, 0.29) is 5.41 Å². The summed E-state index contributed by atoms with van der Waals surface area (Å²) in [6, 6.07) is 0. The van der Waals surface area contributed by atoms with Gasteiger partial charge in [-0.25, -0.2) is 0 Å². The average Bonchev–Trinajstić information content (AvgIpc) is 2.50. The summed E-state index contributed by atoms with van der Waals surface area (Å²) < 4.78 is 0. The minimum absolute atomic E-state index is 0.215. The minimum atomic E-state index is 0.215. The van der Waals surface area contributed by atoms with Crippen LogP contribution in [0.2, 0.25) is 0 Å². The molecular weight excluding hydrogens is 332 g/mol. The van der Waals surface area contributed by atoms with Crippen LogP contribution < -0.4 is 0 Å². The molecule has 3 aliphatic carbocycles. The summed E-state index contributed by atoms with van der Waals surface area (Å²) in [6.45, 7) is 11.8. The molecule has 3 rings (SSSR count). The molecule has 0 bridgehead atoms. The van der Waals surface area contributed by atoms with E-state index in [9.17, 15) is 0 Å². The van der Waals surface area contributed by atoms with Gasteiger partial charge < -0.3 is 0 Å². The Labute approximate surface area is 145 Å².